The molecular weight excluding hydrogens is 148 g/mol. The molecule has 0 spiro atoms. The van der Waals surface area contributed by atoms with Gasteiger partial charge in [0.05, 0.1) is 6.07 Å². The molecule has 3 fully saturated rings. The molecule has 0 radical (unpaired) electrons. The Morgan fingerprint density at radius 1 is 1.42 bits per heavy atom. The summed E-state index contributed by atoms with van der Waals surface area (Å²) < 4.78 is 0. The Hall–Kier alpha value is -0.550. The van der Waals surface area contributed by atoms with Crippen molar-refractivity contribution in [2.75, 3.05) is 0 Å². The van der Waals surface area contributed by atoms with Crippen LogP contribution in [-0.2, 0) is 0 Å². The minimum atomic E-state index is 0.441. The van der Waals surface area contributed by atoms with Gasteiger partial charge in [-0.2, -0.15) is 5.26 Å². The van der Waals surface area contributed by atoms with E-state index >= 15 is 0 Å². The van der Waals surface area contributed by atoms with Gasteiger partial charge in [-0.15, -0.1) is 0 Å². The number of hydrogen-bond donors (Lipinski definition) is 1. The molecular formula is C10H16N2. The van der Waals surface area contributed by atoms with Gasteiger partial charge in [0.1, 0.15) is 0 Å². The van der Waals surface area contributed by atoms with Gasteiger partial charge in [0.2, 0.25) is 0 Å². The van der Waals surface area contributed by atoms with Crippen molar-refractivity contribution in [3.05, 3.63) is 0 Å². The SMILES string of the molecule is CC(C)NC12CC(CC#N)(C1)C2. The smallest absolute Gasteiger partial charge is 0.0627 e. The molecule has 3 aliphatic carbocycles. The van der Waals surface area contributed by atoms with Gasteiger partial charge in [-0.05, 0) is 24.7 Å². The molecule has 2 bridgehead atoms. The lowest BCUT2D eigenvalue weighted by atomic mass is 9.38. The second-order valence-corrected chi connectivity index (χ2v) is 4.94. The third-order valence-electron chi connectivity index (χ3n) is 3.19. The van der Waals surface area contributed by atoms with Crippen LogP contribution in [-0.4, -0.2) is 11.6 Å². The zero-order chi connectivity index (χ0) is 8.82. The molecule has 0 unspecified atom stereocenters. The van der Waals surface area contributed by atoms with Crippen LogP contribution in [0.5, 0.6) is 0 Å². The van der Waals surface area contributed by atoms with E-state index < -0.39 is 0 Å². The van der Waals surface area contributed by atoms with Gasteiger partial charge in [-0.25, -0.2) is 0 Å². The predicted octanol–water partition coefficient (Wildman–Crippen LogP) is 1.82. The Morgan fingerprint density at radius 2 is 2.00 bits per heavy atom. The Morgan fingerprint density at radius 3 is 2.42 bits per heavy atom. The molecule has 0 saturated heterocycles. The second kappa shape index (κ2) is 2.23. The van der Waals surface area contributed by atoms with Gasteiger partial charge in [-0.3, -0.25) is 0 Å². The van der Waals surface area contributed by atoms with Gasteiger partial charge >= 0.3 is 0 Å². The Bertz CT molecular complexity index is 217. The number of nitriles is 1. The second-order valence-electron chi connectivity index (χ2n) is 4.94. The maximum absolute atomic E-state index is 8.59. The highest BCUT2D eigenvalue weighted by atomic mass is 15.1. The average molecular weight is 164 g/mol. The first-order valence-corrected chi connectivity index (χ1v) is 4.75. The molecule has 0 heterocycles. The zero-order valence-electron chi connectivity index (χ0n) is 7.85. The summed E-state index contributed by atoms with van der Waals surface area (Å²) in [4.78, 5) is 0. The van der Waals surface area contributed by atoms with Gasteiger partial charge in [0.25, 0.3) is 0 Å². The van der Waals surface area contributed by atoms with Crippen LogP contribution in [0.1, 0.15) is 39.5 Å². The van der Waals surface area contributed by atoms with E-state index in [1.54, 1.807) is 0 Å². The van der Waals surface area contributed by atoms with E-state index in [4.69, 9.17) is 5.26 Å². The molecule has 3 aliphatic rings. The summed E-state index contributed by atoms with van der Waals surface area (Å²) in [6.45, 7) is 4.38. The van der Waals surface area contributed by atoms with E-state index in [0.29, 0.717) is 17.0 Å². The lowest BCUT2D eigenvalue weighted by molar-refractivity contribution is -0.154. The summed E-state index contributed by atoms with van der Waals surface area (Å²) in [5, 5.41) is 12.2. The first kappa shape index (κ1) is 8.07. The molecule has 0 aliphatic heterocycles. The van der Waals surface area contributed by atoms with Crippen LogP contribution >= 0.6 is 0 Å². The van der Waals surface area contributed by atoms with E-state index in [9.17, 15) is 0 Å². The molecule has 0 atom stereocenters. The van der Waals surface area contributed by atoms with Crippen molar-refractivity contribution in [3.63, 3.8) is 0 Å². The minimum absolute atomic E-state index is 0.441. The molecule has 2 nitrogen and oxygen atoms in total. The fourth-order valence-electron chi connectivity index (χ4n) is 3.12. The molecule has 2 heteroatoms. The summed E-state index contributed by atoms with van der Waals surface area (Å²) in [6, 6.07) is 2.88. The van der Waals surface area contributed by atoms with Gasteiger partial charge in [0, 0.05) is 18.0 Å². The van der Waals surface area contributed by atoms with Crippen molar-refractivity contribution in [1.29, 1.82) is 5.26 Å². The van der Waals surface area contributed by atoms with Crippen LogP contribution in [0.3, 0.4) is 0 Å². The van der Waals surface area contributed by atoms with Crippen molar-refractivity contribution in [2.45, 2.75) is 51.1 Å². The third-order valence-corrected chi connectivity index (χ3v) is 3.19. The molecule has 66 valence electrons. The fraction of sp³-hybridized carbons (Fsp3) is 0.900. The first-order chi connectivity index (χ1) is 5.60. The van der Waals surface area contributed by atoms with Gasteiger partial charge in [-0.1, -0.05) is 13.8 Å². The molecule has 3 rings (SSSR count). The Labute approximate surface area is 74.0 Å². The molecule has 12 heavy (non-hydrogen) atoms. The molecule has 0 aromatic rings. The van der Waals surface area contributed by atoms with Crippen LogP contribution in [0.4, 0.5) is 0 Å². The predicted molar refractivity (Wildman–Crippen MR) is 47.5 cm³/mol. The lowest BCUT2D eigenvalue weighted by Gasteiger charge is -2.71. The van der Waals surface area contributed by atoms with Crippen molar-refractivity contribution < 1.29 is 0 Å². The highest BCUT2D eigenvalue weighted by molar-refractivity contribution is 5.24. The Kier molecular flexibility index (Phi) is 1.50. The van der Waals surface area contributed by atoms with E-state index in [-0.39, 0.29) is 0 Å². The van der Waals surface area contributed by atoms with Gasteiger partial charge < -0.3 is 5.32 Å². The maximum Gasteiger partial charge on any atom is 0.0627 e. The zero-order valence-corrected chi connectivity index (χ0v) is 7.85. The fourth-order valence-corrected chi connectivity index (χ4v) is 3.12. The standard InChI is InChI=1S/C10H16N2/c1-8(2)12-10-5-9(6-10,7-10)3-4-11/h8,12H,3,5-7H2,1-2H3. The lowest BCUT2D eigenvalue weighted by Crippen LogP contribution is -2.74. The highest BCUT2D eigenvalue weighted by Gasteiger charge is 2.67. The van der Waals surface area contributed by atoms with Crippen LogP contribution in [0.25, 0.3) is 0 Å². The van der Waals surface area contributed by atoms with Gasteiger partial charge in [0.15, 0.2) is 0 Å². The summed E-state index contributed by atoms with van der Waals surface area (Å²) in [5.41, 5.74) is 0.891. The summed E-state index contributed by atoms with van der Waals surface area (Å²) in [7, 11) is 0. The summed E-state index contributed by atoms with van der Waals surface area (Å²) in [6.07, 6.45) is 4.50. The maximum atomic E-state index is 8.59. The molecule has 3 saturated carbocycles. The van der Waals surface area contributed by atoms with Crippen LogP contribution < -0.4 is 5.32 Å². The van der Waals surface area contributed by atoms with Crippen molar-refractivity contribution in [1.82, 2.24) is 5.32 Å². The molecule has 0 aromatic carbocycles. The largest absolute Gasteiger partial charge is 0.309 e. The van der Waals surface area contributed by atoms with Crippen molar-refractivity contribution >= 4 is 0 Å². The van der Waals surface area contributed by atoms with Crippen LogP contribution in [0.2, 0.25) is 0 Å². The van der Waals surface area contributed by atoms with Crippen LogP contribution in [0, 0.1) is 16.7 Å². The number of rotatable bonds is 3. The van der Waals surface area contributed by atoms with Crippen molar-refractivity contribution in [2.24, 2.45) is 5.41 Å². The third kappa shape index (κ3) is 0.964. The Balaban J connectivity index is 1.84. The molecule has 1 N–H and O–H groups in total. The monoisotopic (exact) mass is 164 g/mol. The number of nitrogens with zero attached hydrogens (tertiary/aromatic N) is 1. The van der Waals surface area contributed by atoms with E-state index in [1.165, 1.54) is 19.3 Å². The highest BCUT2D eigenvalue weighted by Crippen LogP contribution is 2.68. The molecule has 0 aromatic heterocycles. The number of nitrogens with one attached hydrogen (secondary N) is 1. The number of hydrogen-bond acceptors (Lipinski definition) is 2. The summed E-state index contributed by atoms with van der Waals surface area (Å²) in [5.74, 6) is 0. The van der Waals surface area contributed by atoms with Crippen LogP contribution in [0.15, 0.2) is 0 Å². The molecule has 0 amide bonds. The summed E-state index contributed by atoms with van der Waals surface area (Å²) >= 11 is 0. The van der Waals surface area contributed by atoms with E-state index in [1.807, 2.05) is 0 Å². The minimum Gasteiger partial charge on any atom is -0.309 e. The first-order valence-electron chi connectivity index (χ1n) is 4.75. The quantitative estimate of drug-likeness (QED) is 0.690. The van der Waals surface area contributed by atoms with E-state index in [0.717, 1.165) is 6.42 Å². The topological polar surface area (TPSA) is 35.8 Å². The normalized spacial score (nSPS) is 43.2. The van der Waals surface area contributed by atoms with E-state index in [2.05, 4.69) is 25.2 Å². The average Bonchev–Trinajstić information content (AvgIpc) is 1.79. The van der Waals surface area contributed by atoms with Crippen molar-refractivity contribution in [3.8, 4) is 6.07 Å².